The lowest BCUT2D eigenvalue weighted by atomic mass is 9.94. The Balaban J connectivity index is 1.71. The maximum Gasteiger partial charge on any atom is 0.125 e. The summed E-state index contributed by atoms with van der Waals surface area (Å²) in [6.07, 6.45) is 11.8. The average Bonchev–Trinajstić information content (AvgIpc) is 2.46. The second-order valence-electron chi connectivity index (χ2n) is 6.17. The predicted octanol–water partition coefficient (Wildman–Crippen LogP) is 5.74. The Morgan fingerprint density at radius 1 is 1.14 bits per heavy atom. The summed E-state index contributed by atoms with van der Waals surface area (Å²) in [5.74, 6) is 0.969. The fourth-order valence-corrected chi connectivity index (χ4v) is 3.40. The zero-order chi connectivity index (χ0) is 15.1. The molecule has 21 heavy (non-hydrogen) atoms. The first-order valence-corrected chi connectivity index (χ1v) is 9.21. The van der Waals surface area contributed by atoms with Crippen LogP contribution in [0.2, 0.25) is 0 Å². The minimum absolute atomic E-state index is 0.122. The Kier molecular flexibility index (Phi) is 7.05. The van der Waals surface area contributed by atoms with E-state index in [1.54, 1.807) is 0 Å². The number of nitrogens with two attached hydrogens (primary N) is 1. The molecule has 0 aromatic heterocycles. The van der Waals surface area contributed by atoms with Crippen LogP contribution in [0.4, 0.5) is 0 Å². The normalized spacial score (nSPS) is 20.9. The number of rotatable bonds is 8. The summed E-state index contributed by atoms with van der Waals surface area (Å²) < 4.78 is 7.18. The number of ether oxygens (including phenoxy) is 1. The second-order valence-corrected chi connectivity index (χ2v) is 7.09. The van der Waals surface area contributed by atoms with Gasteiger partial charge in [-0.25, -0.2) is 0 Å². The fourth-order valence-electron chi connectivity index (χ4n) is 3.06. The van der Waals surface area contributed by atoms with Crippen LogP contribution in [-0.2, 0) is 0 Å². The Morgan fingerprint density at radius 2 is 1.86 bits per heavy atom. The number of hydrogen-bond donors (Lipinski definition) is 1. The van der Waals surface area contributed by atoms with E-state index in [-0.39, 0.29) is 12.1 Å². The van der Waals surface area contributed by atoms with Gasteiger partial charge in [-0.1, -0.05) is 67.4 Å². The van der Waals surface area contributed by atoms with Crippen molar-refractivity contribution in [3.8, 4) is 5.75 Å². The Morgan fingerprint density at radius 3 is 2.62 bits per heavy atom. The number of benzene rings is 1. The molecule has 1 aromatic rings. The van der Waals surface area contributed by atoms with Crippen molar-refractivity contribution >= 4 is 15.9 Å². The highest BCUT2D eigenvalue weighted by molar-refractivity contribution is 9.10. The molecule has 2 N–H and O–H groups in total. The molecular weight excluding hydrogens is 326 g/mol. The van der Waals surface area contributed by atoms with E-state index in [4.69, 9.17) is 10.5 Å². The van der Waals surface area contributed by atoms with Crippen molar-refractivity contribution < 1.29 is 4.74 Å². The van der Waals surface area contributed by atoms with Crippen molar-refractivity contribution in [3.05, 3.63) is 28.2 Å². The standard InChI is InChI=1S/C18H28BrNO/c1-2-3-4-5-6-7-8-9-15-13-17(20)16-11-10-14(19)12-18(16)21-15/h10-12,15,17H,2-9,13,20H2,1H3/t15?,17-/m0/s1. The molecule has 3 heteroatoms. The van der Waals surface area contributed by atoms with Crippen molar-refractivity contribution in [2.75, 3.05) is 0 Å². The molecule has 0 bridgehead atoms. The first-order chi connectivity index (χ1) is 10.2. The molecule has 2 nitrogen and oxygen atoms in total. The van der Waals surface area contributed by atoms with Gasteiger partial charge in [-0.05, 0) is 25.0 Å². The van der Waals surface area contributed by atoms with E-state index >= 15 is 0 Å². The minimum Gasteiger partial charge on any atom is -0.490 e. The van der Waals surface area contributed by atoms with Gasteiger partial charge < -0.3 is 10.5 Å². The van der Waals surface area contributed by atoms with Crippen LogP contribution in [0.3, 0.4) is 0 Å². The molecule has 0 aliphatic carbocycles. The lowest BCUT2D eigenvalue weighted by Crippen LogP contribution is -2.29. The first-order valence-electron chi connectivity index (χ1n) is 8.42. The van der Waals surface area contributed by atoms with E-state index < -0.39 is 0 Å². The Hall–Kier alpha value is -0.540. The molecule has 1 unspecified atom stereocenters. The zero-order valence-corrected chi connectivity index (χ0v) is 14.7. The van der Waals surface area contributed by atoms with E-state index in [1.165, 1.54) is 44.9 Å². The highest BCUT2D eigenvalue weighted by atomic mass is 79.9. The molecule has 0 spiro atoms. The maximum absolute atomic E-state index is 6.28. The van der Waals surface area contributed by atoms with Gasteiger partial charge in [0.05, 0.1) is 0 Å². The van der Waals surface area contributed by atoms with Gasteiger partial charge in [0.1, 0.15) is 11.9 Å². The summed E-state index contributed by atoms with van der Waals surface area (Å²) in [5.41, 5.74) is 7.42. The molecule has 2 rings (SSSR count). The summed E-state index contributed by atoms with van der Waals surface area (Å²) in [4.78, 5) is 0. The third-order valence-electron chi connectivity index (χ3n) is 4.32. The van der Waals surface area contributed by atoms with Gasteiger partial charge in [0.25, 0.3) is 0 Å². The van der Waals surface area contributed by atoms with Crippen LogP contribution >= 0.6 is 15.9 Å². The lowest BCUT2D eigenvalue weighted by molar-refractivity contribution is 0.146. The van der Waals surface area contributed by atoms with Gasteiger partial charge in [-0.3, -0.25) is 0 Å². The highest BCUT2D eigenvalue weighted by Gasteiger charge is 2.25. The smallest absolute Gasteiger partial charge is 0.125 e. The summed E-state index contributed by atoms with van der Waals surface area (Å²) in [5, 5.41) is 0. The molecule has 0 saturated carbocycles. The van der Waals surface area contributed by atoms with E-state index in [9.17, 15) is 0 Å². The quantitative estimate of drug-likeness (QED) is 0.604. The molecular formula is C18H28BrNO. The van der Waals surface area contributed by atoms with Gasteiger partial charge in [-0.2, -0.15) is 0 Å². The Bertz CT molecular complexity index is 435. The molecule has 1 aromatic carbocycles. The van der Waals surface area contributed by atoms with Crippen molar-refractivity contribution in [3.63, 3.8) is 0 Å². The molecule has 1 aliphatic rings. The molecule has 0 saturated heterocycles. The van der Waals surface area contributed by atoms with Gasteiger partial charge in [0.2, 0.25) is 0 Å². The van der Waals surface area contributed by atoms with Crippen molar-refractivity contribution in [2.24, 2.45) is 5.73 Å². The van der Waals surface area contributed by atoms with Crippen molar-refractivity contribution in [2.45, 2.75) is 76.9 Å². The number of fused-ring (bicyclic) bond motifs is 1. The van der Waals surface area contributed by atoms with Crippen LogP contribution in [0.25, 0.3) is 0 Å². The van der Waals surface area contributed by atoms with Crippen LogP contribution < -0.4 is 10.5 Å². The third-order valence-corrected chi connectivity index (χ3v) is 4.81. The molecule has 2 atom stereocenters. The monoisotopic (exact) mass is 353 g/mol. The first kappa shape index (κ1) is 16.8. The number of hydrogen-bond acceptors (Lipinski definition) is 2. The second kappa shape index (κ2) is 8.79. The molecule has 0 radical (unpaired) electrons. The molecule has 118 valence electrons. The van der Waals surface area contributed by atoms with Crippen LogP contribution in [0.5, 0.6) is 5.75 Å². The van der Waals surface area contributed by atoms with Gasteiger partial charge >= 0.3 is 0 Å². The predicted molar refractivity (Wildman–Crippen MR) is 92.7 cm³/mol. The van der Waals surface area contributed by atoms with Gasteiger partial charge in [0, 0.05) is 22.5 Å². The summed E-state index contributed by atoms with van der Waals surface area (Å²) >= 11 is 3.50. The van der Waals surface area contributed by atoms with Crippen LogP contribution in [0.1, 0.15) is 76.3 Å². The largest absolute Gasteiger partial charge is 0.490 e. The lowest BCUT2D eigenvalue weighted by Gasteiger charge is -2.30. The molecule has 0 fully saturated rings. The minimum atomic E-state index is 0.122. The van der Waals surface area contributed by atoms with E-state index in [1.807, 2.05) is 12.1 Å². The average molecular weight is 354 g/mol. The zero-order valence-electron chi connectivity index (χ0n) is 13.1. The van der Waals surface area contributed by atoms with Crippen LogP contribution in [0, 0.1) is 0 Å². The maximum atomic E-state index is 6.28. The third kappa shape index (κ3) is 5.30. The van der Waals surface area contributed by atoms with E-state index in [0.29, 0.717) is 0 Å². The van der Waals surface area contributed by atoms with Gasteiger partial charge in [-0.15, -0.1) is 0 Å². The summed E-state index contributed by atoms with van der Waals surface area (Å²) in [6, 6.07) is 6.29. The molecule has 1 aliphatic heterocycles. The van der Waals surface area contributed by atoms with E-state index in [2.05, 4.69) is 28.9 Å². The number of unbranched alkanes of at least 4 members (excludes halogenated alkanes) is 6. The van der Waals surface area contributed by atoms with Crippen molar-refractivity contribution in [1.82, 2.24) is 0 Å². The topological polar surface area (TPSA) is 35.2 Å². The fraction of sp³-hybridized carbons (Fsp3) is 0.667. The highest BCUT2D eigenvalue weighted by Crippen LogP contribution is 2.36. The number of halogens is 1. The summed E-state index contributed by atoms with van der Waals surface area (Å²) in [7, 11) is 0. The van der Waals surface area contributed by atoms with Gasteiger partial charge in [0.15, 0.2) is 0 Å². The van der Waals surface area contributed by atoms with Crippen molar-refractivity contribution in [1.29, 1.82) is 0 Å². The molecule has 0 amide bonds. The SMILES string of the molecule is CCCCCCCCCC1C[C@H](N)c2ccc(Br)cc2O1. The summed E-state index contributed by atoms with van der Waals surface area (Å²) in [6.45, 7) is 2.26. The molecule has 1 heterocycles. The van der Waals surface area contributed by atoms with E-state index in [0.717, 1.165) is 28.6 Å². The van der Waals surface area contributed by atoms with Crippen LogP contribution in [0.15, 0.2) is 22.7 Å². The van der Waals surface area contributed by atoms with Crippen LogP contribution in [-0.4, -0.2) is 6.10 Å². The Labute approximate surface area is 137 Å².